The summed E-state index contributed by atoms with van der Waals surface area (Å²) in [6.07, 6.45) is 0.306. The van der Waals surface area contributed by atoms with E-state index in [4.69, 9.17) is 0 Å². The zero-order valence-corrected chi connectivity index (χ0v) is 13.3. The number of esters is 1. The minimum atomic E-state index is -3.88. The van der Waals surface area contributed by atoms with Crippen LogP contribution in [0.1, 0.15) is 19.8 Å². The number of ether oxygens (including phenoxy) is 1. The van der Waals surface area contributed by atoms with Crippen molar-refractivity contribution in [1.82, 2.24) is 4.72 Å². The standard InChI is InChI=1S/C14H16N2O6S/c1-2-22-14(19)9-15-23(20,21)11-5-3-10(4-6-11)16-12(17)7-8-13(16)18/h3-6,15H,2,7-9H2,1H3. The zero-order chi connectivity index (χ0) is 17.0. The van der Waals surface area contributed by atoms with Crippen LogP contribution in [0, 0.1) is 0 Å². The van der Waals surface area contributed by atoms with Gasteiger partial charge in [-0.25, -0.2) is 8.42 Å². The van der Waals surface area contributed by atoms with Crippen LogP contribution in [0.2, 0.25) is 0 Å². The third kappa shape index (κ3) is 3.93. The van der Waals surface area contributed by atoms with Crippen molar-refractivity contribution in [2.45, 2.75) is 24.7 Å². The molecule has 1 aromatic carbocycles. The molecule has 1 aliphatic rings. The second-order valence-corrected chi connectivity index (χ2v) is 6.51. The summed E-state index contributed by atoms with van der Waals surface area (Å²) in [7, 11) is -3.88. The van der Waals surface area contributed by atoms with E-state index in [-0.39, 0.29) is 36.2 Å². The lowest BCUT2D eigenvalue weighted by Crippen LogP contribution is -2.31. The van der Waals surface area contributed by atoms with Gasteiger partial charge in [-0.05, 0) is 31.2 Å². The molecular formula is C14H16N2O6S. The van der Waals surface area contributed by atoms with Crippen molar-refractivity contribution in [3.8, 4) is 0 Å². The topological polar surface area (TPSA) is 110 Å². The van der Waals surface area contributed by atoms with Gasteiger partial charge in [-0.15, -0.1) is 0 Å². The molecule has 1 saturated heterocycles. The molecule has 8 nitrogen and oxygen atoms in total. The Bertz CT molecular complexity index is 710. The van der Waals surface area contributed by atoms with Gasteiger partial charge in [0.25, 0.3) is 0 Å². The van der Waals surface area contributed by atoms with Gasteiger partial charge in [0.2, 0.25) is 21.8 Å². The number of hydrogen-bond acceptors (Lipinski definition) is 6. The van der Waals surface area contributed by atoms with E-state index in [1.165, 1.54) is 24.3 Å². The highest BCUT2D eigenvalue weighted by molar-refractivity contribution is 7.89. The van der Waals surface area contributed by atoms with E-state index in [1.54, 1.807) is 6.92 Å². The molecule has 0 saturated carbocycles. The summed E-state index contributed by atoms with van der Waals surface area (Å²) in [6.45, 7) is 1.31. The highest BCUT2D eigenvalue weighted by atomic mass is 32.2. The number of sulfonamides is 1. The lowest BCUT2D eigenvalue weighted by molar-refractivity contribution is -0.141. The van der Waals surface area contributed by atoms with E-state index >= 15 is 0 Å². The minimum Gasteiger partial charge on any atom is -0.465 e. The highest BCUT2D eigenvalue weighted by Gasteiger charge is 2.30. The fraction of sp³-hybridized carbons (Fsp3) is 0.357. The second-order valence-electron chi connectivity index (χ2n) is 4.75. The number of anilines is 1. The molecule has 1 N–H and O–H groups in total. The molecule has 0 aliphatic carbocycles. The van der Waals surface area contributed by atoms with Crippen LogP contribution in [0.3, 0.4) is 0 Å². The van der Waals surface area contributed by atoms with Crippen molar-refractivity contribution >= 4 is 33.5 Å². The number of imide groups is 1. The van der Waals surface area contributed by atoms with E-state index in [1.807, 2.05) is 0 Å². The zero-order valence-electron chi connectivity index (χ0n) is 12.4. The monoisotopic (exact) mass is 340 g/mol. The van der Waals surface area contributed by atoms with Crippen LogP contribution in [0.5, 0.6) is 0 Å². The molecule has 1 fully saturated rings. The third-order valence-corrected chi connectivity index (χ3v) is 4.59. The quantitative estimate of drug-likeness (QED) is 0.584. The van der Waals surface area contributed by atoms with Gasteiger partial charge < -0.3 is 4.74 Å². The molecule has 0 unspecified atom stereocenters. The van der Waals surface area contributed by atoms with Crippen LogP contribution in [0.4, 0.5) is 5.69 Å². The van der Waals surface area contributed by atoms with E-state index in [0.717, 1.165) is 4.90 Å². The molecule has 1 aliphatic heterocycles. The van der Waals surface area contributed by atoms with Gasteiger partial charge in [-0.1, -0.05) is 0 Å². The molecular weight excluding hydrogens is 324 g/mol. The van der Waals surface area contributed by atoms with Crippen molar-refractivity contribution < 1.29 is 27.5 Å². The molecule has 1 aromatic rings. The number of nitrogens with one attached hydrogen (secondary N) is 1. The Morgan fingerprint density at radius 2 is 1.74 bits per heavy atom. The first kappa shape index (κ1) is 17.1. The van der Waals surface area contributed by atoms with Crippen LogP contribution < -0.4 is 9.62 Å². The molecule has 0 spiro atoms. The number of carbonyl (C=O) groups excluding carboxylic acids is 3. The van der Waals surface area contributed by atoms with Gasteiger partial charge in [0.1, 0.15) is 6.54 Å². The first-order chi connectivity index (χ1) is 10.8. The van der Waals surface area contributed by atoms with Crippen molar-refractivity contribution in [3.63, 3.8) is 0 Å². The largest absolute Gasteiger partial charge is 0.465 e. The van der Waals surface area contributed by atoms with Gasteiger partial charge in [0, 0.05) is 12.8 Å². The van der Waals surface area contributed by atoms with Gasteiger partial charge in [-0.3, -0.25) is 19.3 Å². The number of amides is 2. The van der Waals surface area contributed by atoms with Crippen LogP contribution >= 0.6 is 0 Å². The third-order valence-electron chi connectivity index (χ3n) is 3.17. The average molecular weight is 340 g/mol. The summed E-state index contributed by atoms with van der Waals surface area (Å²) >= 11 is 0. The Hall–Kier alpha value is -2.26. The summed E-state index contributed by atoms with van der Waals surface area (Å²) in [5, 5.41) is 0. The number of benzene rings is 1. The Kier molecular flexibility index (Phi) is 5.12. The highest BCUT2D eigenvalue weighted by Crippen LogP contribution is 2.23. The Morgan fingerprint density at radius 3 is 2.26 bits per heavy atom. The van der Waals surface area contributed by atoms with Gasteiger partial charge in [-0.2, -0.15) is 4.72 Å². The lowest BCUT2D eigenvalue weighted by Gasteiger charge is -2.14. The Balaban J connectivity index is 2.11. The van der Waals surface area contributed by atoms with Crippen LogP contribution in [0.15, 0.2) is 29.2 Å². The molecule has 0 atom stereocenters. The predicted octanol–water partition coefficient (Wildman–Crippen LogP) is 0.181. The fourth-order valence-electron chi connectivity index (χ4n) is 2.09. The van der Waals surface area contributed by atoms with E-state index < -0.39 is 22.5 Å². The second kappa shape index (κ2) is 6.88. The maximum atomic E-state index is 12.0. The SMILES string of the molecule is CCOC(=O)CNS(=O)(=O)c1ccc(N2C(=O)CCC2=O)cc1. The fourth-order valence-corrected chi connectivity index (χ4v) is 3.06. The van der Waals surface area contributed by atoms with Crippen LogP contribution in [0.25, 0.3) is 0 Å². The predicted molar refractivity (Wildman–Crippen MR) is 80.0 cm³/mol. The lowest BCUT2D eigenvalue weighted by atomic mass is 10.3. The van der Waals surface area contributed by atoms with Crippen molar-refractivity contribution in [2.75, 3.05) is 18.1 Å². The number of carbonyl (C=O) groups is 3. The molecule has 124 valence electrons. The summed E-state index contributed by atoms with van der Waals surface area (Å²) < 4.78 is 30.8. The van der Waals surface area contributed by atoms with Crippen LogP contribution in [-0.4, -0.2) is 39.4 Å². The minimum absolute atomic E-state index is 0.0790. The first-order valence-corrected chi connectivity index (χ1v) is 8.44. The molecule has 0 radical (unpaired) electrons. The van der Waals surface area contributed by atoms with Crippen molar-refractivity contribution in [2.24, 2.45) is 0 Å². The van der Waals surface area contributed by atoms with Gasteiger partial charge in [0.05, 0.1) is 17.2 Å². The maximum absolute atomic E-state index is 12.0. The average Bonchev–Trinajstić information content (AvgIpc) is 2.85. The normalized spacial score (nSPS) is 15.1. The van der Waals surface area contributed by atoms with E-state index in [9.17, 15) is 22.8 Å². The van der Waals surface area contributed by atoms with E-state index in [0.29, 0.717) is 5.69 Å². The van der Waals surface area contributed by atoms with Crippen LogP contribution in [-0.2, 0) is 29.1 Å². The van der Waals surface area contributed by atoms with Gasteiger partial charge >= 0.3 is 5.97 Å². The van der Waals surface area contributed by atoms with Crippen molar-refractivity contribution in [3.05, 3.63) is 24.3 Å². The molecule has 2 rings (SSSR count). The first-order valence-electron chi connectivity index (χ1n) is 6.96. The molecule has 23 heavy (non-hydrogen) atoms. The summed E-state index contributed by atoms with van der Waals surface area (Å²) in [4.78, 5) is 35.4. The molecule has 9 heteroatoms. The molecule has 0 bridgehead atoms. The summed E-state index contributed by atoms with van der Waals surface area (Å²) in [6, 6.07) is 5.28. The maximum Gasteiger partial charge on any atom is 0.321 e. The smallest absolute Gasteiger partial charge is 0.321 e. The van der Waals surface area contributed by atoms with E-state index in [2.05, 4.69) is 9.46 Å². The van der Waals surface area contributed by atoms with Gasteiger partial charge in [0.15, 0.2) is 0 Å². The number of hydrogen-bond donors (Lipinski definition) is 1. The Labute approximate surface area is 133 Å². The summed E-state index contributed by atoms with van der Waals surface area (Å²) in [5.74, 6) is -1.31. The number of nitrogens with zero attached hydrogens (tertiary/aromatic N) is 1. The summed E-state index contributed by atoms with van der Waals surface area (Å²) in [5.41, 5.74) is 0.321. The Morgan fingerprint density at radius 1 is 1.17 bits per heavy atom. The number of rotatable bonds is 6. The molecule has 1 heterocycles. The van der Waals surface area contributed by atoms with Crippen molar-refractivity contribution in [1.29, 1.82) is 0 Å². The molecule has 0 aromatic heterocycles. The molecule has 2 amide bonds.